The van der Waals surface area contributed by atoms with Crippen molar-refractivity contribution in [3.05, 3.63) is 23.5 Å². The van der Waals surface area contributed by atoms with Gasteiger partial charge in [-0.1, -0.05) is 0 Å². The molecule has 1 aromatic heterocycles. The zero-order valence-electron chi connectivity index (χ0n) is 12.5. The van der Waals surface area contributed by atoms with Crippen molar-refractivity contribution in [3.63, 3.8) is 0 Å². The smallest absolute Gasteiger partial charge is 0.257 e. The molecule has 1 unspecified atom stereocenters. The summed E-state index contributed by atoms with van der Waals surface area (Å²) in [6.07, 6.45) is 3.95. The van der Waals surface area contributed by atoms with Gasteiger partial charge >= 0.3 is 0 Å². The zero-order chi connectivity index (χ0) is 14.5. The van der Waals surface area contributed by atoms with Gasteiger partial charge in [-0.25, -0.2) is 0 Å². The fourth-order valence-corrected chi connectivity index (χ4v) is 2.50. The Morgan fingerprint density at radius 1 is 1.60 bits per heavy atom. The van der Waals surface area contributed by atoms with E-state index < -0.39 is 0 Å². The minimum Gasteiger partial charge on any atom is -0.387 e. The lowest BCUT2D eigenvalue weighted by molar-refractivity contribution is 0.0539. The standard InChI is InChI=1S/C15H23N3O2/c1-4-18(10-12-6-5-7-20-12)15(19)13-9-17-11(2)8-14(13)16-3/h8-9,12H,4-7,10H2,1-3H3,(H,16,17). The second kappa shape index (κ2) is 6.70. The number of aromatic nitrogens is 1. The van der Waals surface area contributed by atoms with Crippen LogP contribution in [0.1, 0.15) is 35.8 Å². The average molecular weight is 277 g/mol. The number of nitrogens with one attached hydrogen (secondary N) is 1. The number of ether oxygens (including phenoxy) is 1. The third-order valence-electron chi connectivity index (χ3n) is 3.66. The largest absolute Gasteiger partial charge is 0.387 e. The number of pyridine rings is 1. The Morgan fingerprint density at radius 2 is 2.40 bits per heavy atom. The number of carbonyl (C=O) groups excluding carboxylic acids is 1. The van der Waals surface area contributed by atoms with Crippen molar-refractivity contribution in [2.75, 3.05) is 32.1 Å². The zero-order valence-corrected chi connectivity index (χ0v) is 12.5. The highest BCUT2D eigenvalue weighted by atomic mass is 16.5. The Kier molecular flexibility index (Phi) is 4.95. The molecule has 5 heteroatoms. The predicted octanol–water partition coefficient (Wildman–Crippen LogP) is 2.07. The summed E-state index contributed by atoms with van der Waals surface area (Å²) in [4.78, 5) is 18.7. The minimum absolute atomic E-state index is 0.0138. The summed E-state index contributed by atoms with van der Waals surface area (Å²) >= 11 is 0. The van der Waals surface area contributed by atoms with E-state index in [0.29, 0.717) is 18.7 Å². The lowest BCUT2D eigenvalue weighted by Gasteiger charge is -2.25. The topological polar surface area (TPSA) is 54.5 Å². The Bertz CT molecular complexity index is 470. The molecule has 1 fully saturated rings. The summed E-state index contributed by atoms with van der Waals surface area (Å²) in [6.45, 7) is 6.05. The van der Waals surface area contributed by atoms with Crippen LogP contribution in [0.15, 0.2) is 12.3 Å². The number of rotatable bonds is 5. The van der Waals surface area contributed by atoms with Gasteiger partial charge in [-0.2, -0.15) is 0 Å². The van der Waals surface area contributed by atoms with Crippen LogP contribution in [0.25, 0.3) is 0 Å². The van der Waals surface area contributed by atoms with Crippen molar-refractivity contribution in [1.82, 2.24) is 9.88 Å². The molecule has 1 aromatic rings. The molecule has 5 nitrogen and oxygen atoms in total. The van der Waals surface area contributed by atoms with Crippen molar-refractivity contribution in [2.45, 2.75) is 32.8 Å². The second-order valence-electron chi connectivity index (χ2n) is 5.10. The van der Waals surface area contributed by atoms with E-state index in [-0.39, 0.29) is 12.0 Å². The number of likely N-dealkylation sites (N-methyl/N-ethyl adjacent to an activating group) is 1. The molecular formula is C15H23N3O2. The highest BCUT2D eigenvalue weighted by Gasteiger charge is 2.23. The van der Waals surface area contributed by atoms with E-state index >= 15 is 0 Å². The monoisotopic (exact) mass is 277 g/mol. The molecule has 1 aliphatic heterocycles. The van der Waals surface area contributed by atoms with Crippen molar-refractivity contribution in [1.29, 1.82) is 0 Å². The van der Waals surface area contributed by atoms with E-state index in [1.807, 2.05) is 31.9 Å². The number of hydrogen-bond acceptors (Lipinski definition) is 4. The van der Waals surface area contributed by atoms with Crippen molar-refractivity contribution >= 4 is 11.6 Å². The lowest BCUT2D eigenvalue weighted by atomic mass is 10.1. The van der Waals surface area contributed by atoms with Gasteiger partial charge in [-0.3, -0.25) is 9.78 Å². The van der Waals surface area contributed by atoms with Gasteiger partial charge in [-0.05, 0) is 32.8 Å². The number of carbonyl (C=O) groups is 1. The molecule has 2 rings (SSSR count). The van der Waals surface area contributed by atoms with Gasteiger partial charge in [-0.15, -0.1) is 0 Å². The molecule has 0 radical (unpaired) electrons. The predicted molar refractivity (Wildman–Crippen MR) is 79.1 cm³/mol. The Morgan fingerprint density at radius 3 is 3.00 bits per heavy atom. The van der Waals surface area contributed by atoms with E-state index in [1.165, 1.54) is 0 Å². The number of amides is 1. The molecule has 0 aromatic carbocycles. The van der Waals surface area contributed by atoms with Gasteiger partial charge in [0.05, 0.1) is 17.4 Å². The van der Waals surface area contributed by atoms with Gasteiger partial charge in [0.25, 0.3) is 5.91 Å². The molecule has 110 valence electrons. The normalized spacial score (nSPS) is 18.1. The van der Waals surface area contributed by atoms with Crippen LogP contribution >= 0.6 is 0 Å². The maximum absolute atomic E-state index is 12.6. The van der Waals surface area contributed by atoms with Crippen LogP contribution in [0, 0.1) is 6.92 Å². The summed E-state index contributed by atoms with van der Waals surface area (Å²) < 4.78 is 5.62. The van der Waals surface area contributed by atoms with Crippen LogP contribution in [0.4, 0.5) is 5.69 Å². The fraction of sp³-hybridized carbons (Fsp3) is 0.600. The second-order valence-corrected chi connectivity index (χ2v) is 5.10. The summed E-state index contributed by atoms with van der Waals surface area (Å²) in [6, 6.07) is 1.90. The summed E-state index contributed by atoms with van der Waals surface area (Å²) in [5.74, 6) is 0.0138. The first-order valence-electron chi connectivity index (χ1n) is 7.21. The molecule has 1 amide bonds. The molecule has 0 bridgehead atoms. The molecule has 1 saturated heterocycles. The number of aryl methyl sites for hydroxylation is 1. The Labute approximate surface area is 120 Å². The van der Waals surface area contributed by atoms with Crippen LogP contribution in [0.3, 0.4) is 0 Å². The average Bonchev–Trinajstić information content (AvgIpc) is 2.96. The third-order valence-corrected chi connectivity index (χ3v) is 3.66. The van der Waals surface area contributed by atoms with Gasteiger partial charge in [0.1, 0.15) is 0 Å². The third kappa shape index (κ3) is 3.28. The van der Waals surface area contributed by atoms with E-state index in [2.05, 4.69) is 10.3 Å². The Balaban J connectivity index is 2.14. The molecule has 1 atom stereocenters. The molecule has 2 heterocycles. The van der Waals surface area contributed by atoms with E-state index in [9.17, 15) is 4.79 Å². The molecule has 20 heavy (non-hydrogen) atoms. The van der Waals surface area contributed by atoms with Crippen LogP contribution in [-0.2, 0) is 4.74 Å². The first-order valence-corrected chi connectivity index (χ1v) is 7.21. The molecule has 0 spiro atoms. The Hall–Kier alpha value is -1.62. The van der Waals surface area contributed by atoms with E-state index in [0.717, 1.165) is 30.8 Å². The summed E-state index contributed by atoms with van der Waals surface area (Å²) in [7, 11) is 1.82. The van der Waals surface area contributed by atoms with Gasteiger partial charge in [0.2, 0.25) is 0 Å². The van der Waals surface area contributed by atoms with Crippen molar-refractivity contribution < 1.29 is 9.53 Å². The summed E-state index contributed by atoms with van der Waals surface area (Å²) in [5, 5.41) is 3.07. The molecule has 0 aliphatic carbocycles. The van der Waals surface area contributed by atoms with Crippen LogP contribution < -0.4 is 5.32 Å². The van der Waals surface area contributed by atoms with Crippen LogP contribution in [0.5, 0.6) is 0 Å². The fourth-order valence-electron chi connectivity index (χ4n) is 2.50. The number of hydrogen-bond donors (Lipinski definition) is 1. The van der Waals surface area contributed by atoms with E-state index in [4.69, 9.17) is 4.74 Å². The SMILES string of the molecule is CCN(CC1CCCO1)C(=O)c1cnc(C)cc1NC. The quantitative estimate of drug-likeness (QED) is 0.895. The number of nitrogens with zero attached hydrogens (tertiary/aromatic N) is 2. The van der Waals surface area contributed by atoms with E-state index in [1.54, 1.807) is 6.20 Å². The van der Waals surface area contributed by atoms with Gasteiger partial charge < -0.3 is 15.0 Å². The maximum Gasteiger partial charge on any atom is 0.257 e. The lowest BCUT2D eigenvalue weighted by Crippen LogP contribution is -2.37. The highest BCUT2D eigenvalue weighted by Crippen LogP contribution is 2.19. The minimum atomic E-state index is 0.0138. The number of anilines is 1. The van der Waals surface area contributed by atoms with Crippen molar-refractivity contribution in [3.8, 4) is 0 Å². The molecule has 0 saturated carbocycles. The molecule has 1 N–H and O–H groups in total. The van der Waals surface area contributed by atoms with Gasteiger partial charge in [0, 0.05) is 38.6 Å². The van der Waals surface area contributed by atoms with Crippen LogP contribution in [-0.4, -0.2) is 48.6 Å². The maximum atomic E-state index is 12.6. The summed E-state index contributed by atoms with van der Waals surface area (Å²) in [5.41, 5.74) is 2.35. The first-order chi connectivity index (χ1) is 9.65. The highest BCUT2D eigenvalue weighted by molar-refractivity contribution is 5.99. The van der Waals surface area contributed by atoms with Gasteiger partial charge in [0.15, 0.2) is 0 Å². The molecule has 1 aliphatic rings. The first kappa shape index (κ1) is 14.8. The van der Waals surface area contributed by atoms with Crippen molar-refractivity contribution in [2.24, 2.45) is 0 Å². The molecular weight excluding hydrogens is 254 g/mol. The van der Waals surface area contributed by atoms with Crippen LogP contribution in [0.2, 0.25) is 0 Å².